The molecule has 28 heavy (non-hydrogen) atoms. The van der Waals surface area contributed by atoms with Gasteiger partial charge >= 0.3 is 0 Å². The van der Waals surface area contributed by atoms with Gasteiger partial charge in [-0.15, -0.1) is 0 Å². The molecule has 8 heteroatoms. The fourth-order valence-corrected chi connectivity index (χ4v) is 5.76. The summed E-state index contributed by atoms with van der Waals surface area (Å²) in [6.45, 7) is 2.43. The van der Waals surface area contributed by atoms with Crippen LogP contribution in [0.5, 0.6) is 0 Å². The second kappa shape index (κ2) is 8.46. The Hall–Kier alpha value is -2.16. The highest BCUT2D eigenvalue weighted by atomic mass is 32.2. The lowest BCUT2D eigenvalue weighted by Gasteiger charge is -2.32. The Morgan fingerprint density at radius 3 is 2.29 bits per heavy atom. The van der Waals surface area contributed by atoms with E-state index in [9.17, 15) is 16.8 Å². The summed E-state index contributed by atoms with van der Waals surface area (Å²) >= 11 is 0. The summed E-state index contributed by atoms with van der Waals surface area (Å²) in [5, 5.41) is 1.09. The smallest absolute Gasteiger partial charge is 0.255 e. The molecule has 2 aromatic carbocycles. The highest BCUT2D eigenvalue weighted by molar-refractivity contribution is 7.95. The maximum absolute atomic E-state index is 12.8. The summed E-state index contributed by atoms with van der Waals surface area (Å²) in [4.78, 5) is 0.170. The van der Waals surface area contributed by atoms with Gasteiger partial charge in [0.1, 0.15) is 0 Å². The van der Waals surface area contributed by atoms with E-state index in [1.807, 2.05) is 25.1 Å². The van der Waals surface area contributed by atoms with Crippen molar-refractivity contribution in [2.24, 2.45) is 0 Å². The molecule has 0 amide bonds. The zero-order valence-electron chi connectivity index (χ0n) is 15.7. The first-order chi connectivity index (χ1) is 13.3. The molecule has 0 radical (unpaired) electrons. The first-order valence-electron chi connectivity index (χ1n) is 9.16. The number of hydrogen-bond acceptors (Lipinski definition) is 4. The molecule has 0 bridgehead atoms. The normalized spacial score (nSPS) is 19.0. The van der Waals surface area contributed by atoms with E-state index in [0.717, 1.165) is 30.2 Å². The van der Waals surface area contributed by atoms with Gasteiger partial charge in [0.25, 0.3) is 10.0 Å². The van der Waals surface area contributed by atoms with Crippen LogP contribution in [0.1, 0.15) is 31.7 Å². The lowest BCUT2D eigenvalue weighted by Crippen LogP contribution is -2.41. The number of hydrogen-bond donors (Lipinski definition) is 1. The first kappa shape index (κ1) is 20.6. The van der Waals surface area contributed by atoms with E-state index in [2.05, 4.69) is 4.72 Å². The minimum Gasteiger partial charge on any atom is -0.280 e. The van der Waals surface area contributed by atoms with Crippen molar-refractivity contribution < 1.29 is 16.8 Å². The molecule has 6 nitrogen and oxygen atoms in total. The SMILES string of the molecule is C[C@@H]1CCCCN1S(=O)(=O)c1ccc(NS(=O)(=O)/C=C/c2ccccc2)cc1. The van der Waals surface area contributed by atoms with Crippen LogP contribution in [0.3, 0.4) is 0 Å². The molecular formula is C20H24N2O4S2. The van der Waals surface area contributed by atoms with Gasteiger partial charge in [-0.25, -0.2) is 16.8 Å². The van der Waals surface area contributed by atoms with Gasteiger partial charge in [0, 0.05) is 18.3 Å². The minimum atomic E-state index is -3.70. The van der Waals surface area contributed by atoms with Crippen molar-refractivity contribution in [1.29, 1.82) is 0 Å². The molecule has 2 aromatic rings. The Morgan fingerprint density at radius 1 is 0.964 bits per heavy atom. The fraction of sp³-hybridized carbons (Fsp3) is 0.300. The molecular weight excluding hydrogens is 396 g/mol. The van der Waals surface area contributed by atoms with Crippen molar-refractivity contribution in [3.05, 3.63) is 65.6 Å². The number of piperidine rings is 1. The molecule has 0 unspecified atom stereocenters. The van der Waals surface area contributed by atoms with Crippen LogP contribution in [0.4, 0.5) is 5.69 Å². The summed E-state index contributed by atoms with van der Waals surface area (Å²) in [5.74, 6) is 0. The Balaban J connectivity index is 1.73. The van der Waals surface area contributed by atoms with E-state index in [-0.39, 0.29) is 10.9 Å². The predicted molar refractivity (Wildman–Crippen MR) is 112 cm³/mol. The summed E-state index contributed by atoms with van der Waals surface area (Å²) in [5.41, 5.74) is 1.08. The predicted octanol–water partition coefficient (Wildman–Crippen LogP) is 3.66. The summed E-state index contributed by atoms with van der Waals surface area (Å²) in [7, 11) is -7.28. The van der Waals surface area contributed by atoms with Gasteiger partial charge in [0.05, 0.1) is 10.3 Å². The summed E-state index contributed by atoms with van der Waals surface area (Å²) in [6.07, 6.45) is 4.24. The topological polar surface area (TPSA) is 83.6 Å². The molecule has 150 valence electrons. The van der Waals surface area contributed by atoms with Gasteiger partial charge in [0.2, 0.25) is 10.0 Å². The van der Waals surface area contributed by atoms with Crippen molar-refractivity contribution in [1.82, 2.24) is 4.31 Å². The third-order valence-corrected chi connectivity index (χ3v) is 7.74. The van der Waals surface area contributed by atoms with E-state index < -0.39 is 20.0 Å². The van der Waals surface area contributed by atoms with Crippen molar-refractivity contribution in [3.63, 3.8) is 0 Å². The van der Waals surface area contributed by atoms with Crippen molar-refractivity contribution in [3.8, 4) is 0 Å². The van der Waals surface area contributed by atoms with Gasteiger partial charge in [-0.05, 0) is 55.7 Å². The highest BCUT2D eigenvalue weighted by Crippen LogP contribution is 2.26. The second-order valence-electron chi connectivity index (χ2n) is 6.85. The van der Waals surface area contributed by atoms with E-state index in [0.29, 0.717) is 12.2 Å². The molecule has 1 aliphatic heterocycles. The molecule has 1 N–H and O–H groups in total. The van der Waals surface area contributed by atoms with Crippen LogP contribution in [0, 0.1) is 0 Å². The monoisotopic (exact) mass is 420 g/mol. The van der Waals surface area contributed by atoms with Crippen LogP contribution in [-0.2, 0) is 20.0 Å². The maximum Gasteiger partial charge on any atom is 0.255 e. The van der Waals surface area contributed by atoms with Crippen LogP contribution in [0.25, 0.3) is 6.08 Å². The molecule has 1 heterocycles. The zero-order valence-corrected chi connectivity index (χ0v) is 17.3. The van der Waals surface area contributed by atoms with E-state index in [1.54, 1.807) is 12.1 Å². The standard InChI is InChI=1S/C20H24N2O4S2/c1-17-7-5-6-15-22(17)28(25,26)20-12-10-19(11-13-20)21-27(23,24)16-14-18-8-3-2-4-9-18/h2-4,8-14,16-17,21H,5-7,15H2,1H3/b16-14+/t17-/m1/s1. The van der Waals surface area contributed by atoms with E-state index >= 15 is 0 Å². The Kier molecular flexibility index (Phi) is 6.22. The second-order valence-corrected chi connectivity index (χ2v) is 10.3. The Morgan fingerprint density at radius 2 is 1.64 bits per heavy atom. The van der Waals surface area contributed by atoms with Crippen LogP contribution in [-0.4, -0.2) is 33.7 Å². The lowest BCUT2D eigenvalue weighted by molar-refractivity contribution is 0.268. The largest absolute Gasteiger partial charge is 0.280 e. The zero-order chi connectivity index (χ0) is 20.2. The van der Waals surface area contributed by atoms with Gasteiger partial charge in [-0.3, -0.25) is 4.72 Å². The summed E-state index contributed by atoms with van der Waals surface area (Å²) in [6, 6.07) is 14.9. The van der Waals surface area contributed by atoms with E-state index in [1.165, 1.54) is 34.6 Å². The van der Waals surface area contributed by atoms with Gasteiger partial charge in [0.15, 0.2) is 0 Å². The first-order valence-corrected chi connectivity index (χ1v) is 12.1. The van der Waals surface area contributed by atoms with Gasteiger partial charge in [-0.1, -0.05) is 36.8 Å². The number of sulfonamides is 2. The Labute approximate surface area is 167 Å². The van der Waals surface area contributed by atoms with Crippen LogP contribution in [0.2, 0.25) is 0 Å². The van der Waals surface area contributed by atoms with Crippen LogP contribution < -0.4 is 4.72 Å². The molecule has 0 spiro atoms. The number of nitrogens with zero attached hydrogens (tertiary/aromatic N) is 1. The summed E-state index contributed by atoms with van der Waals surface area (Å²) < 4.78 is 54.1. The molecule has 0 saturated carbocycles. The lowest BCUT2D eigenvalue weighted by atomic mass is 10.1. The van der Waals surface area contributed by atoms with Gasteiger partial charge in [-0.2, -0.15) is 4.31 Å². The van der Waals surface area contributed by atoms with Crippen molar-refractivity contribution >= 4 is 31.8 Å². The van der Waals surface area contributed by atoms with Crippen LogP contribution in [0.15, 0.2) is 64.9 Å². The van der Waals surface area contributed by atoms with Crippen molar-refractivity contribution in [2.75, 3.05) is 11.3 Å². The molecule has 1 fully saturated rings. The van der Waals surface area contributed by atoms with Crippen molar-refractivity contribution in [2.45, 2.75) is 37.1 Å². The molecule has 0 aromatic heterocycles. The van der Waals surface area contributed by atoms with Crippen LogP contribution >= 0.6 is 0 Å². The molecule has 1 saturated heterocycles. The number of benzene rings is 2. The fourth-order valence-electron chi connectivity index (χ4n) is 3.19. The molecule has 1 aliphatic rings. The highest BCUT2D eigenvalue weighted by Gasteiger charge is 2.30. The van der Waals surface area contributed by atoms with Gasteiger partial charge < -0.3 is 0 Å². The molecule has 3 rings (SSSR count). The average Bonchev–Trinajstić information content (AvgIpc) is 2.68. The third kappa shape index (κ3) is 5.01. The molecule has 0 aliphatic carbocycles. The Bertz CT molecular complexity index is 1030. The third-order valence-electron chi connectivity index (χ3n) is 4.70. The number of nitrogens with one attached hydrogen (secondary N) is 1. The number of rotatable bonds is 6. The number of anilines is 1. The quantitative estimate of drug-likeness (QED) is 0.773. The van der Waals surface area contributed by atoms with E-state index in [4.69, 9.17) is 0 Å². The molecule has 1 atom stereocenters. The maximum atomic E-state index is 12.8. The average molecular weight is 421 g/mol. The minimum absolute atomic E-state index is 0.0277.